The zero-order valence-electron chi connectivity index (χ0n) is 14.1. The van der Waals surface area contributed by atoms with Crippen molar-refractivity contribution in [3.05, 3.63) is 64.1 Å². The third kappa shape index (κ3) is 3.40. The topological polar surface area (TPSA) is 18.5 Å². The molecule has 2 nitrogen and oxygen atoms in total. The summed E-state index contributed by atoms with van der Waals surface area (Å²) in [6.07, 6.45) is 0.809. The highest BCUT2D eigenvalue weighted by Crippen LogP contribution is 2.40. The summed E-state index contributed by atoms with van der Waals surface area (Å²) in [6.45, 7) is 8.48. The molecule has 1 fully saturated rings. The van der Waals surface area contributed by atoms with E-state index in [1.807, 2.05) is 18.2 Å². The third-order valence-corrected chi connectivity index (χ3v) is 5.22. The Morgan fingerprint density at radius 2 is 1.70 bits per heavy atom. The van der Waals surface area contributed by atoms with Crippen molar-refractivity contribution in [1.82, 2.24) is 0 Å². The van der Waals surface area contributed by atoms with Crippen molar-refractivity contribution in [1.29, 1.82) is 0 Å². The van der Waals surface area contributed by atoms with E-state index in [4.69, 9.17) is 9.31 Å². The van der Waals surface area contributed by atoms with Crippen molar-refractivity contribution in [2.45, 2.75) is 45.3 Å². The molecule has 0 bridgehead atoms. The molecular formula is C19H22BBrO2. The molecule has 4 heteroatoms. The number of benzene rings is 2. The Morgan fingerprint density at radius 3 is 2.35 bits per heavy atom. The fraction of sp³-hybridized carbons (Fsp3) is 0.368. The lowest BCUT2D eigenvalue weighted by Gasteiger charge is -2.36. The van der Waals surface area contributed by atoms with Crippen LogP contribution in [0.15, 0.2) is 53.0 Å². The number of hydrogen-bond donors (Lipinski definition) is 0. The molecule has 0 spiro atoms. The van der Waals surface area contributed by atoms with Gasteiger partial charge in [-0.25, -0.2) is 0 Å². The second-order valence-electron chi connectivity index (χ2n) is 7.03. The van der Waals surface area contributed by atoms with E-state index in [0.717, 1.165) is 16.4 Å². The van der Waals surface area contributed by atoms with Gasteiger partial charge in [0.05, 0.1) is 11.2 Å². The van der Waals surface area contributed by atoms with Gasteiger partial charge in [0.2, 0.25) is 0 Å². The van der Waals surface area contributed by atoms with Crippen molar-refractivity contribution in [2.75, 3.05) is 0 Å². The van der Waals surface area contributed by atoms with E-state index >= 15 is 0 Å². The van der Waals surface area contributed by atoms with Crippen LogP contribution in [0.25, 0.3) is 0 Å². The largest absolute Gasteiger partial charge is 0.494 e. The second-order valence-corrected chi connectivity index (χ2v) is 7.95. The molecule has 1 aliphatic heterocycles. The number of aryl methyl sites for hydroxylation is 1. The first-order valence-electron chi connectivity index (χ1n) is 7.96. The van der Waals surface area contributed by atoms with E-state index in [1.165, 1.54) is 11.1 Å². The van der Waals surface area contributed by atoms with E-state index in [9.17, 15) is 0 Å². The molecule has 0 aromatic heterocycles. The van der Waals surface area contributed by atoms with E-state index in [0.29, 0.717) is 0 Å². The van der Waals surface area contributed by atoms with Crippen LogP contribution in [-0.2, 0) is 15.7 Å². The SMILES string of the molecule is Cc1cc(Br)cc(CC2(C)OB(c3ccccc3)OC2(C)C)c1. The lowest BCUT2D eigenvalue weighted by atomic mass is 9.79. The Kier molecular flexibility index (Phi) is 4.43. The fourth-order valence-corrected chi connectivity index (χ4v) is 3.75. The molecule has 3 rings (SSSR count). The molecule has 0 amide bonds. The van der Waals surface area contributed by atoms with Gasteiger partial charge in [0.25, 0.3) is 0 Å². The lowest BCUT2D eigenvalue weighted by molar-refractivity contribution is -0.00878. The van der Waals surface area contributed by atoms with E-state index in [-0.39, 0.29) is 18.3 Å². The summed E-state index contributed by atoms with van der Waals surface area (Å²) >= 11 is 3.59. The Hall–Kier alpha value is -1.10. The summed E-state index contributed by atoms with van der Waals surface area (Å²) in [6, 6.07) is 16.6. The monoisotopic (exact) mass is 372 g/mol. The maximum atomic E-state index is 6.40. The molecule has 1 atom stereocenters. The predicted molar refractivity (Wildman–Crippen MR) is 99.1 cm³/mol. The molecule has 1 unspecified atom stereocenters. The molecule has 0 aliphatic carbocycles. The summed E-state index contributed by atoms with van der Waals surface area (Å²) in [5.74, 6) is 0. The Morgan fingerprint density at radius 1 is 1.00 bits per heavy atom. The van der Waals surface area contributed by atoms with Crippen molar-refractivity contribution in [3.8, 4) is 0 Å². The molecule has 120 valence electrons. The van der Waals surface area contributed by atoms with Crippen molar-refractivity contribution >= 4 is 28.5 Å². The highest BCUT2D eigenvalue weighted by atomic mass is 79.9. The molecule has 23 heavy (non-hydrogen) atoms. The van der Waals surface area contributed by atoms with Crippen LogP contribution >= 0.6 is 15.9 Å². The van der Waals surface area contributed by atoms with Gasteiger partial charge in [0.1, 0.15) is 0 Å². The van der Waals surface area contributed by atoms with Crippen LogP contribution in [0, 0.1) is 6.92 Å². The lowest BCUT2D eigenvalue weighted by Crippen LogP contribution is -2.46. The molecule has 2 aromatic rings. The van der Waals surface area contributed by atoms with E-state index < -0.39 is 0 Å². The summed E-state index contributed by atoms with van der Waals surface area (Å²) in [7, 11) is -0.315. The standard InChI is InChI=1S/C19H22BBrO2/c1-14-10-15(12-17(21)11-14)13-19(4)18(2,3)22-20(23-19)16-8-6-5-7-9-16/h5-12H,13H2,1-4H3. The quantitative estimate of drug-likeness (QED) is 0.748. The zero-order valence-corrected chi connectivity index (χ0v) is 15.7. The van der Waals surface area contributed by atoms with Gasteiger partial charge in [-0.05, 0) is 56.4 Å². The highest BCUT2D eigenvalue weighted by Gasteiger charge is 2.54. The summed E-state index contributed by atoms with van der Waals surface area (Å²) < 4.78 is 13.7. The van der Waals surface area contributed by atoms with E-state index in [1.54, 1.807) is 0 Å². The van der Waals surface area contributed by atoms with Crippen LogP contribution in [-0.4, -0.2) is 18.3 Å². The Balaban J connectivity index is 1.87. The number of halogens is 1. The van der Waals surface area contributed by atoms with Gasteiger partial charge in [-0.3, -0.25) is 0 Å². The summed E-state index contributed by atoms with van der Waals surface area (Å²) in [5, 5.41) is 0. The third-order valence-electron chi connectivity index (χ3n) is 4.76. The minimum absolute atomic E-state index is 0.315. The average molecular weight is 373 g/mol. The molecule has 0 radical (unpaired) electrons. The van der Waals surface area contributed by atoms with Crippen LogP contribution in [0.5, 0.6) is 0 Å². The van der Waals surface area contributed by atoms with Crippen LogP contribution in [0.4, 0.5) is 0 Å². The maximum absolute atomic E-state index is 6.40. The van der Waals surface area contributed by atoms with Gasteiger partial charge in [-0.1, -0.05) is 52.3 Å². The van der Waals surface area contributed by atoms with Gasteiger partial charge >= 0.3 is 7.12 Å². The first-order valence-corrected chi connectivity index (χ1v) is 8.75. The molecule has 0 saturated carbocycles. The minimum atomic E-state index is -0.388. The van der Waals surface area contributed by atoms with Gasteiger partial charge < -0.3 is 9.31 Å². The highest BCUT2D eigenvalue weighted by molar-refractivity contribution is 9.10. The first kappa shape index (κ1) is 16.8. The van der Waals surface area contributed by atoms with E-state index in [2.05, 4.69) is 74.0 Å². The molecule has 0 N–H and O–H groups in total. The van der Waals surface area contributed by atoms with Gasteiger partial charge in [-0.15, -0.1) is 0 Å². The van der Waals surface area contributed by atoms with Crippen LogP contribution < -0.4 is 5.46 Å². The smallest absolute Gasteiger partial charge is 0.399 e. The molecule has 1 saturated heterocycles. The summed E-state index contributed by atoms with van der Waals surface area (Å²) in [5.41, 5.74) is 2.80. The fourth-order valence-electron chi connectivity index (χ4n) is 3.10. The van der Waals surface area contributed by atoms with Crippen LogP contribution in [0.2, 0.25) is 0 Å². The first-order chi connectivity index (χ1) is 10.8. The maximum Gasteiger partial charge on any atom is 0.494 e. The number of rotatable bonds is 3. The van der Waals surface area contributed by atoms with Crippen molar-refractivity contribution in [2.24, 2.45) is 0 Å². The van der Waals surface area contributed by atoms with Crippen molar-refractivity contribution in [3.63, 3.8) is 0 Å². The summed E-state index contributed by atoms with van der Waals surface area (Å²) in [4.78, 5) is 0. The van der Waals surface area contributed by atoms with Crippen molar-refractivity contribution < 1.29 is 9.31 Å². The molecule has 1 heterocycles. The van der Waals surface area contributed by atoms with Gasteiger partial charge in [0.15, 0.2) is 0 Å². The minimum Gasteiger partial charge on any atom is -0.399 e. The average Bonchev–Trinajstić information content (AvgIpc) is 2.69. The van der Waals surface area contributed by atoms with Gasteiger partial charge in [0, 0.05) is 10.9 Å². The predicted octanol–water partition coefficient (Wildman–Crippen LogP) is 4.28. The second kappa shape index (κ2) is 6.08. The Bertz CT molecular complexity index is 682. The molecule has 1 aliphatic rings. The normalized spacial score (nSPS) is 23.3. The zero-order chi connectivity index (χ0) is 16.7. The van der Waals surface area contributed by atoms with Crippen LogP contribution in [0.1, 0.15) is 31.9 Å². The molecular weight excluding hydrogens is 351 g/mol. The Labute approximate surface area is 147 Å². The number of hydrogen-bond acceptors (Lipinski definition) is 2. The van der Waals surface area contributed by atoms with Crippen LogP contribution in [0.3, 0.4) is 0 Å². The molecule has 2 aromatic carbocycles. The van der Waals surface area contributed by atoms with Gasteiger partial charge in [-0.2, -0.15) is 0 Å².